The fourth-order valence-corrected chi connectivity index (χ4v) is 0. The molecule has 0 saturated heterocycles. The molecule has 0 bridgehead atoms. The zero-order chi connectivity index (χ0) is 7.58. The highest BCUT2D eigenvalue weighted by atomic mass is 32.2. The Labute approximate surface area is 54.6 Å². The van der Waals surface area contributed by atoms with Gasteiger partial charge in [-0.1, -0.05) is 0 Å². The molecule has 0 heterocycles. The quantitative estimate of drug-likeness (QED) is 0.460. The second-order valence-electron chi connectivity index (χ2n) is 0.742. The van der Waals surface area contributed by atoms with E-state index in [2.05, 4.69) is 26.3 Å². The Morgan fingerprint density at radius 1 is 1.00 bits per heavy atom. The third-order valence-electron chi connectivity index (χ3n) is 0. The van der Waals surface area contributed by atoms with E-state index in [1.165, 1.54) is 0 Å². The van der Waals surface area contributed by atoms with Gasteiger partial charge in [0.2, 0.25) is 0 Å². The van der Waals surface area contributed by atoms with Crippen LogP contribution in [0.15, 0.2) is 26.3 Å². The maximum Gasteiger partial charge on any atom is 0.0148 e. The summed E-state index contributed by atoms with van der Waals surface area (Å²) < 4.78 is 9.56. The van der Waals surface area contributed by atoms with Crippen LogP contribution in [0.5, 0.6) is 0 Å². The Kier molecular flexibility index (Phi) is 59.4. The van der Waals surface area contributed by atoms with Gasteiger partial charge in [0.15, 0.2) is 0 Å². The van der Waals surface area contributed by atoms with Gasteiger partial charge in [0.1, 0.15) is 0 Å². The first-order valence-electron chi connectivity index (χ1n) is 1.98. The molecular weight excluding hydrogens is 120 g/mol. The van der Waals surface area contributed by atoms with E-state index in [1.54, 1.807) is 12.5 Å². The molecule has 50 valence electrons. The molecule has 0 unspecified atom stereocenters. The average molecular weight is 134 g/mol. The van der Waals surface area contributed by atoms with Crippen LogP contribution in [0.25, 0.3) is 0 Å². The Balaban J connectivity index is -0.0000000542. The van der Waals surface area contributed by atoms with Crippen LogP contribution in [-0.4, -0.2) is 16.7 Å². The SMILES string of the molecule is C=C.C=C.CS(C)=O. The average Bonchev–Trinajstić information content (AvgIpc) is 1.75. The maximum atomic E-state index is 9.56. The van der Waals surface area contributed by atoms with E-state index in [0.717, 1.165) is 0 Å². The van der Waals surface area contributed by atoms with Gasteiger partial charge in [-0.15, -0.1) is 26.3 Å². The predicted molar refractivity (Wildman–Crippen MR) is 42.5 cm³/mol. The number of hydrogen-bond acceptors (Lipinski definition) is 1. The fraction of sp³-hybridized carbons (Fsp3) is 0.333. The molecule has 1 nitrogen and oxygen atoms in total. The molecule has 2 heteroatoms. The molecule has 8 heavy (non-hydrogen) atoms. The van der Waals surface area contributed by atoms with E-state index in [-0.39, 0.29) is 0 Å². The highest BCUT2D eigenvalue weighted by Crippen LogP contribution is 1.47. The molecule has 0 amide bonds. The molecule has 0 fully saturated rings. The van der Waals surface area contributed by atoms with Gasteiger partial charge < -0.3 is 0 Å². The Morgan fingerprint density at radius 2 is 1.00 bits per heavy atom. The minimum absolute atomic E-state index is 0.611. The number of rotatable bonds is 0. The summed E-state index contributed by atoms with van der Waals surface area (Å²) in [5, 5.41) is 0. The lowest BCUT2D eigenvalue weighted by molar-refractivity contribution is 0.690. The minimum atomic E-state index is -0.611. The van der Waals surface area contributed by atoms with Gasteiger partial charge in [0, 0.05) is 23.3 Å². The van der Waals surface area contributed by atoms with Gasteiger partial charge in [0.05, 0.1) is 0 Å². The highest BCUT2D eigenvalue weighted by molar-refractivity contribution is 7.83. The Morgan fingerprint density at radius 3 is 1.00 bits per heavy atom. The van der Waals surface area contributed by atoms with Crippen molar-refractivity contribution >= 4 is 10.8 Å². The second kappa shape index (κ2) is 30.4. The third kappa shape index (κ3) is 882. The van der Waals surface area contributed by atoms with Crippen LogP contribution in [-0.2, 0) is 10.8 Å². The predicted octanol–water partition coefficient (Wildman–Crippen LogP) is 1.60. The summed E-state index contributed by atoms with van der Waals surface area (Å²) in [7, 11) is -0.611. The van der Waals surface area contributed by atoms with E-state index in [1.807, 2.05) is 0 Å². The van der Waals surface area contributed by atoms with Crippen LogP contribution < -0.4 is 0 Å². The first-order valence-corrected chi connectivity index (χ1v) is 3.95. The van der Waals surface area contributed by atoms with Crippen molar-refractivity contribution in [1.82, 2.24) is 0 Å². The molecule has 0 aromatic rings. The van der Waals surface area contributed by atoms with Crippen LogP contribution in [0.2, 0.25) is 0 Å². The first-order chi connectivity index (χ1) is 3.73. The maximum absolute atomic E-state index is 9.56. The van der Waals surface area contributed by atoms with E-state index in [9.17, 15) is 4.21 Å². The fourth-order valence-electron chi connectivity index (χ4n) is 0. The van der Waals surface area contributed by atoms with E-state index >= 15 is 0 Å². The molecule has 0 N–H and O–H groups in total. The van der Waals surface area contributed by atoms with Crippen molar-refractivity contribution in [3.05, 3.63) is 26.3 Å². The van der Waals surface area contributed by atoms with Gasteiger partial charge in [-0.2, -0.15) is 0 Å². The van der Waals surface area contributed by atoms with Crippen molar-refractivity contribution in [2.75, 3.05) is 12.5 Å². The summed E-state index contributed by atoms with van der Waals surface area (Å²) in [5.74, 6) is 0. The molecule has 0 atom stereocenters. The van der Waals surface area contributed by atoms with Crippen molar-refractivity contribution in [3.63, 3.8) is 0 Å². The molecule has 0 saturated carbocycles. The van der Waals surface area contributed by atoms with Crippen molar-refractivity contribution in [2.24, 2.45) is 0 Å². The van der Waals surface area contributed by atoms with Crippen molar-refractivity contribution in [2.45, 2.75) is 0 Å². The first kappa shape index (κ1) is 15.6. The van der Waals surface area contributed by atoms with Gasteiger partial charge in [-0.05, 0) is 0 Å². The summed E-state index contributed by atoms with van der Waals surface area (Å²) in [6.07, 6.45) is 3.28. The standard InChI is InChI=1S/C2H6OS.2C2H4/c1-4(2)3;2*1-2/h1-2H3;2*1-2H2. The molecule has 0 aromatic heterocycles. The highest BCUT2D eigenvalue weighted by Gasteiger charge is 1.57. The van der Waals surface area contributed by atoms with Crippen LogP contribution >= 0.6 is 0 Å². The molecule has 0 aliphatic heterocycles. The summed E-state index contributed by atoms with van der Waals surface area (Å²) in [6, 6.07) is 0. The second-order valence-corrected chi connectivity index (χ2v) is 2.22. The zero-order valence-electron chi connectivity index (χ0n) is 5.64. The van der Waals surface area contributed by atoms with Crippen molar-refractivity contribution in [3.8, 4) is 0 Å². The van der Waals surface area contributed by atoms with Gasteiger partial charge in [-0.25, -0.2) is 0 Å². The topological polar surface area (TPSA) is 17.1 Å². The molecular formula is C6H14OS. The lowest BCUT2D eigenvalue weighted by Crippen LogP contribution is -1.70. The van der Waals surface area contributed by atoms with Gasteiger partial charge in [0.25, 0.3) is 0 Å². The number of hydrogen-bond donors (Lipinski definition) is 0. The summed E-state index contributed by atoms with van der Waals surface area (Å²) in [4.78, 5) is 0. The zero-order valence-corrected chi connectivity index (χ0v) is 6.46. The molecule has 0 radical (unpaired) electrons. The summed E-state index contributed by atoms with van der Waals surface area (Å²) in [5.41, 5.74) is 0. The third-order valence-corrected chi connectivity index (χ3v) is 0. The summed E-state index contributed by atoms with van der Waals surface area (Å²) in [6.45, 7) is 12.0. The lowest BCUT2D eigenvalue weighted by Gasteiger charge is -1.60. The lowest BCUT2D eigenvalue weighted by atomic mass is 11.3. The molecule has 0 rings (SSSR count). The Hall–Kier alpha value is -0.370. The van der Waals surface area contributed by atoms with Crippen LogP contribution in [0.3, 0.4) is 0 Å². The minimum Gasteiger partial charge on any atom is -0.260 e. The van der Waals surface area contributed by atoms with E-state index in [0.29, 0.717) is 0 Å². The molecule has 0 spiro atoms. The monoisotopic (exact) mass is 134 g/mol. The van der Waals surface area contributed by atoms with Gasteiger partial charge in [-0.3, -0.25) is 4.21 Å². The van der Waals surface area contributed by atoms with Crippen molar-refractivity contribution < 1.29 is 4.21 Å². The normalized spacial score (nSPS) is 5.38. The van der Waals surface area contributed by atoms with Crippen LogP contribution in [0, 0.1) is 0 Å². The van der Waals surface area contributed by atoms with Crippen LogP contribution in [0.1, 0.15) is 0 Å². The van der Waals surface area contributed by atoms with Gasteiger partial charge >= 0.3 is 0 Å². The smallest absolute Gasteiger partial charge is 0.0148 e. The summed E-state index contributed by atoms with van der Waals surface area (Å²) >= 11 is 0. The molecule has 0 aliphatic rings. The van der Waals surface area contributed by atoms with Crippen LogP contribution in [0.4, 0.5) is 0 Å². The van der Waals surface area contributed by atoms with E-state index in [4.69, 9.17) is 0 Å². The van der Waals surface area contributed by atoms with E-state index < -0.39 is 10.8 Å². The molecule has 0 aromatic carbocycles. The van der Waals surface area contributed by atoms with Crippen molar-refractivity contribution in [1.29, 1.82) is 0 Å². The largest absolute Gasteiger partial charge is 0.260 e. The Bertz CT molecular complexity index is 46.5. The molecule has 0 aliphatic carbocycles.